The highest BCUT2D eigenvalue weighted by atomic mass is 16.7. The Morgan fingerprint density at radius 2 is 0.952 bits per heavy atom. The molecule has 0 atom stereocenters. The largest absolute Gasteiger partial charge is 0.481 e. The molecular weight excluding hydrogens is 526 g/mol. The third kappa shape index (κ3) is 32.2. The molecular formula is C36H73NO5. The molecule has 42 heavy (non-hydrogen) atoms. The summed E-state index contributed by atoms with van der Waals surface area (Å²) in [5, 5.41) is 18.2. The summed E-state index contributed by atoms with van der Waals surface area (Å²) >= 11 is 0. The Balaban J connectivity index is 4.05. The van der Waals surface area contributed by atoms with E-state index in [9.17, 15) is 9.90 Å². The second-order valence-corrected chi connectivity index (χ2v) is 12.4. The molecule has 0 aromatic rings. The molecule has 0 radical (unpaired) electrons. The summed E-state index contributed by atoms with van der Waals surface area (Å²) in [7, 11) is 0. The van der Waals surface area contributed by atoms with Gasteiger partial charge >= 0.3 is 5.97 Å². The maximum atomic E-state index is 10.6. The number of unbranched alkanes of at least 4 members (excludes halogenated alkanes) is 20. The molecule has 0 saturated carbocycles. The lowest BCUT2D eigenvalue weighted by atomic mass is 10.1. The SMILES string of the molecule is CCCCCCCCCOC(CCCCCCCN(CCO)CCCCCCCC(=O)O)OCCCCCCCCC. The number of aliphatic hydroxyl groups excluding tert-OH is 1. The average Bonchev–Trinajstić information content (AvgIpc) is 2.98. The molecule has 0 bridgehead atoms. The van der Waals surface area contributed by atoms with Crippen LogP contribution in [0.5, 0.6) is 0 Å². The highest BCUT2D eigenvalue weighted by Crippen LogP contribution is 2.15. The molecule has 0 aliphatic carbocycles. The number of carboxylic acids is 1. The Bertz CT molecular complexity index is 513. The zero-order valence-corrected chi connectivity index (χ0v) is 28.3. The second-order valence-electron chi connectivity index (χ2n) is 12.4. The van der Waals surface area contributed by atoms with Gasteiger partial charge in [0.1, 0.15) is 0 Å². The molecule has 2 N–H and O–H groups in total. The third-order valence-electron chi connectivity index (χ3n) is 8.30. The van der Waals surface area contributed by atoms with E-state index in [-0.39, 0.29) is 19.3 Å². The average molecular weight is 600 g/mol. The maximum Gasteiger partial charge on any atom is 0.303 e. The Hall–Kier alpha value is -0.690. The van der Waals surface area contributed by atoms with Crippen LogP contribution in [0.25, 0.3) is 0 Å². The first-order chi connectivity index (χ1) is 20.6. The monoisotopic (exact) mass is 600 g/mol. The topological polar surface area (TPSA) is 79.2 Å². The van der Waals surface area contributed by atoms with Crippen molar-refractivity contribution in [3.8, 4) is 0 Å². The van der Waals surface area contributed by atoms with E-state index < -0.39 is 5.97 Å². The van der Waals surface area contributed by atoms with Crippen LogP contribution >= 0.6 is 0 Å². The van der Waals surface area contributed by atoms with Gasteiger partial charge in [0.15, 0.2) is 6.29 Å². The molecule has 6 heteroatoms. The van der Waals surface area contributed by atoms with E-state index in [1.54, 1.807) is 0 Å². The zero-order chi connectivity index (χ0) is 30.8. The summed E-state index contributed by atoms with van der Waals surface area (Å²) in [6.45, 7) is 9.28. The fourth-order valence-corrected chi connectivity index (χ4v) is 5.56. The van der Waals surface area contributed by atoms with E-state index in [1.807, 2.05) is 0 Å². The Morgan fingerprint density at radius 1 is 0.548 bits per heavy atom. The Morgan fingerprint density at radius 3 is 1.40 bits per heavy atom. The van der Waals surface area contributed by atoms with Crippen molar-refractivity contribution >= 4 is 5.97 Å². The van der Waals surface area contributed by atoms with Crippen LogP contribution < -0.4 is 0 Å². The lowest BCUT2D eigenvalue weighted by Crippen LogP contribution is -2.29. The second kappa shape index (κ2) is 34.8. The van der Waals surface area contributed by atoms with Crippen LogP contribution in [-0.4, -0.2) is 66.8 Å². The van der Waals surface area contributed by atoms with Crippen LogP contribution in [0.4, 0.5) is 0 Å². The summed E-state index contributed by atoms with van der Waals surface area (Å²) in [5.41, 5.74) is 0. The van der Waals surface area contributed by atoms with Gasteiger partial charge in [-0.1, -0.05) is 129 Å². The van der Waals surface area contributed by atoms with Gasteiger partial charge in [-0.05, 0) is 58.0 Å². The molecule has 0 aromatic heterocycles. The van der Waals surface area contributed by atoms with Gasteiger partial charge in [0.2, 0.25) is 0 Å². The lowest BCUT2D eigenvalue weighted by Gasteiger charge is -2.21. The highest BCUT2D eigenvalue weighted by molar-refractivity contribution is 5.66. The molecule has 0 fully saturated rings. The van der Waals surface area contributed by atoms with Crippen LogP contribution in [-0.2, 0) is 14.3 Å². The van der Waals surface area contributed by atoms with E-state index >= 15 is 0 Å². The van der Waals surface area contributed by atoms with Gasteiger partial charge in [-0.25, -0.2) is 0 Å². The van der Waals surface area contributed by atoms with Gasteiger partial charge in [0.25, 0.3) is 0 Å². The van der Waals surface area contributed by atoms with Gasteiger partial charge in [-0.15, -0.1) is 0 Å². The van der Waals surface area contributed by atoms with Gasteiger partial charge in [0.05, 0.1) is 6.61 Å². The number of nitrogens with zero attached hydrogens (tertiary/aromatic N) is 1. The molecule has 252 valence electrons. The highest BCUT2D eigenvalue weighted by Gasteiger charge is 2.10. The van der Waals surface area contributed by atoms with Gasteiger partial charge in [-0.3, -0.25) is 4.79 Å². The van der Waals surface area contributed by atoms with Crippen molar-refractivity contribution < 1.29 is 24.5 Å². The number of ether oxygens (including phenoxy) is 2. The number of rotatable bonds is 36. The first kappa shape index (κ1) is 41.3. The van der Waals surface area contributed by atoms with E-state index in [2.05, 4.69) is 18.7 Å². The summed E-state index contributed by atoms with van der Waals surface area (Å²) in [4.78, 5) is 13.0. The minimum absolute atomic E-state index is 0.0330. The van der Waals surface area contributed by atoms with Crippen LogP contribution in [0.15, 0.2) is 0 Å². The van der Waals surface area contributed by atoms with E-state index in [4.69, 9.17) is 14.6 Å². The minimum atomic E-state index is -0.691. The summed E-state index contributed by atoms with van der Waals surface area (Å²) in [5.74, 6) is -0.691. The molecule has 0 unspecified atom stereocenters. The lowest BCUT2D eigenvalue weighted by molar-refractivity contribution is -0.148. The molecule has 0 heterocycles. The van der Waals surface area contributed by atoms with Crippen molar-refractivity contribution in [2.24, 2.45) is 0 Å². The quantitative estimate of drug-likeness (QED) is 0.0551. The molecule has 0 saturated heterocycles. The molecule has 0 aliphatic heterocycles. The number of hydrogen-bond donors (Lipinski definition) is 2. The standard InChI is InChI=1S/C36H73NO5/c1-3-5-7-9-11-19-25-33-41-36(42-34-26-20-12-10-8-6-4-2)28-22-16-14-18-24-30-37(31-32-38)29-23-17-13-15-21-27-35(39)40/h36,38H,3-34H2,1-2H3,(H,39,40). The van der Waals surface area contributed by atoms with Crippen molar-refractivity contribution in [1.82, 2.24) is 4.90 Å². The van der Waals surface area contributed by atoms with Crippen LogP contribution in [0.2, 0.25) is 0 Å². The van der Waals surface area contributed by atoms with E-state index in [0.29, 0.717) is 0 Å². The first-order valence-corrected chi connectivity index (χ1v) is 18.4. The Kier molecular flexibility index (Phi) is 34.2. The molecule has 0 spiro atoms. The zero-order valence-electron chi connectivity index (χ0n) is 28.3. The summed E-state index contributed by atoms with van der Waals surface area (Å²) in [6, 6.07) is 0. The summed E-state index contributed by atoms with van der Waals surface area (Å²) < 4.78 is 12.4. The Labute approximate surface area is 261 Å². The summed E-state index contributed by atoms with van der Waals surface area (Å²) in [6.07, 6.45) is 30.8. The van der Waals surface area contributed by atoms with Crippen LogP contribution in [0.3, 0.4) is 0 Å². The number of carboxylic acid groups (broad SMARTS) is 1. The molecule has 0 aliphatic rings. The van der Waals surface area contributed by atoms with Crippen molar-refractivity contribution in [3.05, 3.63) is 0 Å². The fraction of sp³-hybridized carbons (Fsp3) is 0.972. The number of carbonyl (C=O) groups is 1. The van der Waals surface area contributed by atoms with Crippen molar-refractivity contribution in [3.63, 3.8) is 0 Å². The number of aliphatic carboxylic acids is 1. The van der Waals surface area contributed by atoms with Crippen LogP contribution in [0.1, 0.15) is 181 Å². The fourth-order valence-electron chi connectivity index (χ4n) is 5.56. The first-order valence-electron chi connectivity index (χ1n) is 18.4. The predicted molar refractivity (Wildman–Crippen MR) is 178 cm³/mol. The van der Waals surface area contributed by atoms with Crippen LogP contribution in [0, 0.1) is 0 Å². The van der Waals surface area contributed by atoms with E-state index in [1.165, 1.54) is 109 Å². The smallest absolute Gasteiger partial charge is 0.303 e. The molecule has 0 aromatic carbocycles. The maximum absolute atomic E-state index is 10.6. The predicted octanol–water partition coefficient (Wildman–Crippen LogP) is 9.91. The number of aliphatic hydroxyl groups is 1. The minimum Gasteiger partial charge on any atom is -0.481 e. The number of hydrogen-bond acceptors (Lipinski definition) is 5. The molecule has 0 amide bonds. The molecule has 6 nitrogen and oxygen atoms in total. The van der Waals surface area contributed by atoms with Crippen molar-refractivity contribution in [2.45, 2.75) is 187 Å². The van der Waals surface area contributed by atoms with E-state index in [0.717, 1.165) is 84.2 Å². The third-order valence-corrected chi connectivity index (χ3v) is 8.30. The van der Waals surface area contributed by atoms with Gasteiger partial charge in [0, 0.05) is 26.2 Å². The van der Waals surface area contributed by atoms with Gasteiger partial charge in [-0.2, -0.15) is 0 Å². The van der Waals surface area contributed by atoms with Gasteiger partial charge < -0.3 is 24.6 Å². The van der Waals surface area contributed by atoms with Crippen molar-refractivity contribution in [1.29, 1.82) is 0 Å². The molecule has 0 rings (SSSR count). The normalized spacial score (nSPS) is 11.7. The van der Waals surface area contributed by atoms with Crippen molar-refractivity contribution in [2.75, 3.05) is 39.5 Å².